The van der Waals surface area contributed by atoms with Crippen molar-refractivity contribution in [1.29, 1.82) is 0 Å². The Labute approximate surface area is 195 Å². The number of hydrogen-bond donors (Lipinski definition) is 1. The minimum atomic E-state index is -0.350. The Bertz CT molecular complexity index is 1290. The highest BCUT2D eigenvalue weighted by Gasteiger charge is 2.27. The lowest BCUT2D eigenvalue weighted by molar-refractivity contribution is 0.0922. The molecule has 1 unspecified atom stereocenters. The van der Waals surface area contributed by atoms with E-state index in [-0.39, 0.29) is 17.8 Å². The number of fused-ring (bicyclic) bond motifs is 3. The van der Waals surface area contributed by atoms with Gasteiger partial charge in [0.15, 0.2) is 0 Å². The van der Waals surface area contributed by atoms with Crippen molar-refractivity contribution >= 4 is 29.1 Å². The van der Waals surface area contributed by atoms with E-state index in [0.29, 0.717) is 16.6 Å². The maximum atomic E-state index is 13.0. The molecular weight excluding hydrogens is 447 g/mol. The fraction of sp³-hybridized carbons (Fsp3) is 0.217. The molecule has 1 aliphatic rings. The number of halogens is 2. The number of nitrogens with zero attached hydrogens (tertiary/aromatic N) is 5. The number of imidazole rings is 1. The van der Waals surface area contributed by atoms with Crippen LogP contribution in [0.2, 0.25) is 10.0 Å². The van der Waals surface area contributed by atoms with Crippen molar-refractivity contribution in [1.82, 2.24) is 29.6 Å². The first kappa shape index (κ1) is 20.7. The first-order valence-corrected chi connectivity index (χ1v) is 11.0. The number of rotatable bonds is 4. The van der Waals surface area contributed by atoms with E-state index in [0.717, 1.165) is 35.6 Å². The van der Waals surface area contributed by atoms with E-state index in [1.54, 1.807) is 22.9 Å². The Morgan fingerprint density at radius 3 is 2.75 bits per heavy atom. The van der Waals surface area contributed by atoms with E-state index in [1.165, 1.54) is 11.9 Å². The van der Waals surface area contributed by atoms with Crippen molar-refractivity contribution < 1.29 is 4.79 Å². The summed E-state index contributed by atoms with van der Waals surface area (Å²) in [5.41, 5.74) is 3.95. The molecule has 1 amide bonds. The maximum absolute atomic E-state index is 13.0. The van der Waals surface area contributed by atoms with E-state index in [9.17, 15) is 4.79 Å². The van der Waals surface area contributed by atoms with E-state index in [1.807, 2.05) is 25.3 Å². The third-order valence-corrected chi connectivity index (χ3v) is 6.25. The lowest BCUT2D eigenvalue weighted by atomic mass is 10.1. The summed E-state index contributed by atoms with van der Waals surface area (Å²) in [7, 11) is 0. The summed E-state index contributed by atoms with van der Waals surface area (Å²) < 4.78 is 3.62. The fourth-order valence-electron chi connectivity index (χ4n) is 4.02. The van der Waals surface area contributed by atoms with Crippen molar-refractivity contribution in [3.63, 3.8) is 0 Å². The van der Waals surface area contributed by atoms with Crippen LogP contribution in [0.25, 0.3) is 5.69 Å². The van der Waals surface area contributed by atoms with Gasteiger partial charge >= 0.3 is 0 Å². The molecular formula is C23H20Cl2N6O. The number of aryl methyl sites for hydroxylation is 2. The van der Waals surface area contributed by atoms with Gasteiger partial charge in [-0.25, -0.2) is 14.6 Å². The number of nitrogens with one attached hydrogen (secondary N) is 1. The molecule has 0 radical (unpaired) electrons. The molecule has 0 spiro atoms. The average molecular weight is 467 g/mol. The zero-order valence-corrected chi connectivity index (χ0v) is 18.8. The van der Waals surface area contributed by atoms with Gasteiger partial charge in [0, 0.05) is 27.5 Å². The normalized spacial score (nSPS) is 15.0. The van der Waals surface area contributed by atoms with Crippen LogP contribution in [0.3, 0.4) is 0 Å². The molecule has 7 nitrogen and oxygen atoms in total. The van der Waals surface area contributed by atoms with Gasteiger partial charge in [0.1, 0.15) is 12.2 Å². The molecule has 2 aromatic carbocycles. The number of carbonyl (C=O) groups is 1. The quantitative estimate of drug-likeness (QED) is 0.478. The lowest BCUT2D eigenvalue weighted by Gasteiger charge is -2.15. The van der Waals surface area contributed by atoms with Crippen molar-refractivity contribution in [3.05, 3.63) is 93.5 Å². The molecule has 0 fully saturated rings. The number of benzene rings is 2. The van der Waals surface area contributed by atoms with Gasteiger partial charge in [-0.3, -0.25) is 4.79 Å². The summed E-state index contributed by atoms with van der Waals surface area (Å²) in [6.07, 6.45) is 5.06. The molecule has 162 valence electrons. The third kappa shape index (κ3) is 3.89. The van der Waals surface area contributed by atoms with Gasteiger partial charge < -0.3 is 9.88 Å². The monoisotopic (exact) mass is 466 g/mol. The number of carbonyl (C=O) groups excluding carboxylic acids is 1. The molecule has 3 heterocycles. The van der Waals surface area contributed by atoms with Crippen LogP contribution in [0.4, 0.5) is 0 Å². The summed E-state index contributed by atoms with van der Waals surface area (Å²) >= 11 is 12.5. The first-order chi connectivity index (χ1) is 15.5. The summed E-state index contributed by atoms with van der Waals surface area (Å²) in [5, 5.41) is 8.47. The van der Waals surface area contributed by atoms with Crippen molar-refractivity contribution in [2.75, 3.05) is 0 Å². The Morgan fingerprint density at radius 2 is 1.94 bits per heavy atom. The van der Waals surface area contributed by atoms with Gasteiger partial charge in [-0.05, 0) is 43.5 Å². The molecule has 4 aromatic rings. The van der Waals surface area contributed by atoms with Crippen molar-refractivity contribution in [3.8, 4) is 5.69 Å². The molecule has 32 heavy (non-hydrogen) atoms. The van der Waals surface area contributed by atoms with E-state index in [2.05, 4.69) is 32.1 Å². The SMILES string of the molecule is Cc1cn2c(n1)C(NC(=O)c1ncn(Cc3c(Cl)cccc3Cl)n1)CCc1ccccc1-2. The number of aromatic nitrogens is 5. The van der Waals surface area contributed by atoms with Gasteiger partial charge in [0.25, 0.3) is 5.91 Å². The summed E-state index contributed by atoms with van der Waals surface area (Å²) in [4.78, 5) is 21.9. The van der Waals surface area contributed by atoms with Crippen LogP contribution in [0.1, 0.15) is 45.7 Å². The second kappa shape index (κ2) is 8.41. The standard InChI is InChI=1S/C23H20Cl2N6O/c1-14-11-31-20-8-3-2-5-15(20)9-10-19(22(31)27-14)28-23(32)21-26-13-30(29-21)12-16-17(24)6-4-7-18(16)25/h2-8,11,13,19H,9-10,12H2,1H3,(H,28,32). The molecule has 0 saturated carbocycles. The van der Waals surface area contributed by atoms with E-state index >= 15 is 0 Å². The Kier molecular flexibility index (Phi) is 5.45. The van der Waals surface area contributed by atoms with E-state index in [4.69, 9.17) is 28.2 Å². The Morgan fingerprint density at radius 1 is 1.16 bits per heavy atom. The van der Waals surface area contributed by atoms with Crippen LogP contribution >= 0.6 is 23.2 Å². The molecule has 0 aliphatic carbocycles. The van der Waals surface area contributed by atoms with Crippen LogP contribution < -0.4 is 5.32 Å². The third-order valence-electron chi connectivity index (χ3n) is 5.55. The smallest absolute Gasteiger partial charge is 0.291 e. The largest absolute Gasteiger partial charge is 0.339 e. The Balaban J connectivity index is 1.37. The summed E-state index contributed by atoms with van der Waals surface area (Å²) in [5.74, 6) is 0.546. The van der Waals surface area contributed by atoms with Crippen molar-refractivity contribution in [2.24, 2.45) is 0 Å². The van der Waals surface area contributed by atoms with Gasteiger partial charge in [0.05, 0.1) is 18.3 Å². The molecule has 9 heteroatoms. The number of para-hydroxylation sites is 1. The minimum Gasteiger partial charge on any atom is -0.339 e. The molecule has 1 atom stereocenters. The van der Waals surface area contributed by atoms with Crippen molar-refractivity contribution in [2.45, 2.75) is 32.4 Å². The van der Waals surface area contributed by atoms with E-state index < -0.39 is 0 Å². The zero-order chi connectivity index (χ0) is 22.2. The van der Waals surface area contributed by atoms with Gasteiger partial charge in [-0.2, -0.15) is 0 Å². The highest BCUT2D eigenvalue weighted by Crippen LogP contribution is 2.30. The molecule has 1 N–H and O–H groups in total. The Hall–Kier alpha value is -3.16. The molecule has 0 bridgehead atoms. The highest BCUT2D eigenvalue weighted by molar-refractivity contribution is 6.35. The predicted molar refractivity (Wildman–Crippen MR) is 122 cm³/mol. The fourth-order valence-corrected chi connectivity index (χ4v) is 4.54. The summed E-state index contributed by atoms with van der Waals surface area (Å²) in [6, 6.07) is 13.3. The second-order valence-electron chi connectivity index (χ2n) is 7.77. The average Bonchev–Trinajstić information content (AvgIpc) is 3.38. The summed E-state index contributed by atoms with van der Waals surface area (Å²) in [6.45, 7) is 2.27. The van der Waals surface area contributed by atoms with Gasteiger partial charge in [0.2, 0.25) is 5.82 Å². The predicted octanol–water partition coefficient (Wildman–Crippen LogP) is 4.54. The number of amides is 1. The number of hydrogen-bond acceptors (Lipinski definition) is 4. The zero-order valence-electron chi connectivity index (χ0n) is 17.3. The lowest BCUT2D eigenvalue weighted by Crippen LogP contribution is -2.31. The molecule has 2 aromatic heterocycles. The van der Waals surface area contributed by atoms with Crippen LogP contribution in [0, 0.1) is 6.92 Å². The minimum absolute atomic E-state index is 0.0877. The first-order valence-electron chi connectivity index (χ1n) is 10.3. The van der Waals surface area contributed by atoms with Gasteiger partial charge in [-0.1, -0.05) is 47.5 Å². The maximum Gasteiger partial charge on any atom is 0.291 e. The molecule has 1 aliphatic heterocycles. The highest BCUT2D eigenvalue weighted by atomic mass is 35.5. The van der Waals surface area contributed by atoms with Crippen LogP contribution in [0.15, 0.2) is 55.0 Å². The van der Waals surface area contributed by atoms with Crippen LogP contribution in [0.5, 0.6) is 0 Å². The van der Waals surface area contributed by atoms with Crippen LogP contribution in [-0.4, -0.2) is 30.2 Å². The van der Waals surface area contributed by atoms with Gasteiger partial charge in [-0.15, -0.1) is 5.10 Å². The van der Waals surface area contributed by atoms with Crippen LogP contribution in [-0.2, 0) is 13.0 Å². The topological polar surface area (TPSA) is 77.6 Å². The molecule has 0 saturated heterocycles. The molecule has 5 rings (SSSR count). The second-order valence-corrected chi connectivity index (χ2v) is 8.58.